The summed E-state index contributed by atoms with van der Waals surface area (Å²) in [5.41, 5.74) is 5.18. The first-order valence-electron chi connectivity index (χ1n) is 6.03. The van der Waals surface area contributed by atoms with Crippen LogP contribution < -0.4 is 5.73 Å². The molecule has 0 saturated carbocycles. The zero-order valence-electron chi connectivity index (χ0n) is 10.00. The molecule has 1 heterocycles. The van der Waals surface area contributed by atoms with E-state index in [1.54, 1.807) is 0 Å². The minimum atomic E-state index is -0.657. The van der Waals surface area contributed by atoms with Crippen molar-refractivity contribution in [2.24, 2.45) is 5.73 Å². The standard InChI is InChI=1S/C12H23N3/c1-3-11-6-4-5-8-15(11)9-7-12(2,14)10-13/h11H,3-9,14H2,1-2H3. The topological polar surface area (TPSA) is 53.0 Å². The van der Waals surface area contributed by atoms with Gasteiger partial charge in [0, 0.05) is 12.6 Å². The maximum absolute atomic E-state index is 8.85. The Morgan fingerprint density at radius 2 is 2.27 bits per heavy atom. The molecule has 0 radical (unpaired) electrons. The molecule has 1 rings (SSSR count). The molecule has 1 saturated heterocycles. The van der Waals surface area contributed by atoms with E-state index in [1.165, 1.54) is 32.2 Å². The van der Waals surface area contributed by atoms with Crippen molar-refractivity contribution in [1.29, 1.82) is 5.26 Å². The van der Waals surface area contributed by atoms with E-state index in [9.17, 15) is 0 Å². The third kappa shape index (κ3) is 3.81. The van der Waals surface area contributed by atoms with Crippen LogP contribution in [0.2, 0.25) is 0 Å². The molecule has 0 aromatic carbocycles. The lowest BCUT2D eigenvalue weighted by atomic mass is 9.96. The minimum absolute atomic E-state index is 0.657. The van der Waals surface area contributed by atoms with Gasteiger partial charge >= 0.3 is 0 Å². The summed E-state index contributed by atoms with van der Waals surface area (Å²) >= 11 is 0. The van der Waals surface area contributed by atoms with E-state index < -0.39 is 5.54 Å². The maximum Gasteiger partial charge on any atom is 0.102 e. The minimum Gasteiger partial charge on any atom is -0.314 e. The fourth-order valence-electron chi connectivity index (χ4n) is 2.25. The zero-order valence-corrected chi connectivity index (χ0v) is 10.00. The molecule has 0 spiro atoms. The van der Waals surface area contributed by atoms with Crippen LogP contribution in [-0.4, -0.2) is 29.6 Å². The molecule has 15 heavy (non-hydrogen) atoms. The van der Waals surface area contributed by atoms with Crippen molar-refractivity contribution in [3.8, 4) is 6.07 Å². The van der Waals surface area contributed by atoms with Crippen LogP contribution in [0.15, 0.2) is 0 Å². The molecule has 2 N–H and O–H groups in total. The van der Waals surface area contributed by atoms with Gasteiger partial charge in [0.25, 0.3) is 0 Å². The van der Waals surface area contributed by atoms with Crippen LogP contribution in [0.25, 0.3) is 0 Å². The van der Waals surface area contributed by atoms with E-state index >= 15 is 0 Å². The summed E-state index contributed by atoms with van der Waals surface area (Å²) in [5.74, 6) is 0. The third-order valence-electron chi connectivity index (χ3n) is 3.39. The number of nitriles is 1. The quantitative estimate of drug-likeness (QED) is 0.769. The van der Waals surface area contributed by atoms with Gasteiger partial charge in [-0.05, 0) is 39.2 Å². The first-order valence-corrected chi connectivity index (χ1v) is 6.03. The van der Waals surface area contributed by atoms with Gasteiger partial charge in [-0.2, -0.15) is 5.26 Å². The smallest absolute Gasteiger partial charge is 0.102 e. The molecule has 2 atom stereocenters. The van der Waals surface area contributed by atoms with Crippen molar-refractivity contribution < 1.29 is 0 Å². The van der Waals surface area contributed by atoms with E-state index in [1.807, 2.05) is 6.92 Å². The van der Waals surface area contributed by atoms with E-state index in [0.29, 0.717) is 6.04 Å². The number of hydrogen-bond acceptors (Lipinski definition) is 3. The summed E-state index contributed by atoms with van der Waals surface area (Å²) in [6.07, 6.45) is 5.95. The summed E-state index contributed by atoms with van der Waals surface area (Å²) in [6.45, 7) is 6.21. The van der Waals surface area contributed by atoms with Gasteiger partial charge in [0.2, 0.25) is 0 Å². The first-order chi connectivity index (χ1) is 7.09. The number of nitrogens with zero attached hydrogens (tertiary/aromatic N) is 2. The van der Waals surface area contributed by atoms with Gasteiger partial charge in [0.15, 0.2) is 0 Å². The van der Waals surface area contributed by atoms with Crippen LogP contribution in [0.1, 0.15) is 46.0 Å². The molecular formula is C12H23N3. The van der Waals surface area contributed by atoms with Crippen LogP contribution in [0.4, 0.5) is 0 Å². The first kappa shape index (κ1) is 12.5. The monoisotopic (exact) mass is 209 g/mol. The van der Waals surface area contributed by atoms with Gasteiger partial charge in [-0.3, -0.25) is 0 Å². The van der Waals surface area contributed by atoms with Gasteiger partial charge in [0.05, 0.1) is 6.07 Å². The normalized spacial score (nSPS) is 26.9. The summed E-state index contributed by atoms with van der Waals surface area (Å²) in [7, 11) is 0. The molecule has 0 aromatic rings. The average Bonchev–Trinajstić information content (AvgIpc) is 2.27. The van der Waals surface area contributed by atoms with E-state index in [-0.39, 0.29) is 0 Å². The zero-order chi connectivity index (χ0) is 11.3. The lowest BCUT2D eigenvalue weighted by Gasteiger charge is -2.36. The second kappa shape index (κ2) is 5.48. The molecule has 0 bridgehead atoms. The molecule has 3 heteroatoms. The molecule has 0 amide bonds. The van der Waals surface area contributed by atoms with Crippen molar-refractivity contribution in [3.05, 3.63) is 0 Å². The van der Waals surface area contributed by atoms with Crippen LogP contribution in [0.3, 0.4) is 0 Å². The Kier molecular flexibility index (Phi) is 4.56. The van der Waals surface area contributed by atoms with Gasteiger partial charge < -0.3 is 10.6 Å². The van der Waals surface area contributed by atoms with E-state index in [2.05, 4.69) is 17.9 Å². The van der Waals surface area contributed by atoms with Gasteiger partial charge in [-0.1, -0.05) is 13.3 Å². The van der Waals surface area contributed by atoms with Gasteiger partial charge in [-0.25, -0.2) is 0 Å². The van der Waals surface area contributed by atoms with Gasteiger partial charge in [-0.15, -0.1) is 0 Å². The van der Waals surface area contributed by atoms with Crippen molar-refractivity contribution in [3.63, 3.8) is 0 Å². The van der Waals surface area contributed by atoms with Crippen molar-refractivity contribution in [2.45, 2.75) is 57.5 Å². The number of likely N-dealkylation sites (tertiary alicyclic amines) is 1. The van der Waals surface area contributed by atoms with Crippen LogP contribution in [0, 0.1) is 11.3 Å². The van der Waals surface area contributed by atoms with E-state index in [4.69, 9.17) is 11.0 Å². The Hall–Kier alpha value is -0.590. The second-order valence-corrected chi connectivity index (χ2v) is 4.87. The average molecular weight is 209 g/mol. The molecule has 1 aliphatic heterocycles. The molecule has 1 fully saturated rings. The Bertz CT molecular complexity index is 230. The van der Waals surface area contributed by atoms with Crippen LogP contribution in [0.5, 0.6) is 0 Å². The van der Waals surface area contributed by atoms with E-state index in [0.717, 1.165) is 13.0 Å². The molecular weight excluding hydrogens is 186 g/mol. The second-order valence-electron chi connectivity index (χ2n) is 4.87. The Morgan fingerprint density at radius 3 is 2.87 bits per heavy atom. The Morgan fingerprint density at radius 1 is 1.53 bits per heavy atom. The van der Waals surface area contributed by atoms with Crippen LogP contribution >= 0.6 is 0 Å². The highest BCUT2D eigenvalue weighted by atomic mass is 15.2. The highest BCUT2D eigenvalue weighted by Gasteiger charge is 2.24. The molecule has 3 nitrogen and oxygen atoms in total. The fraction of sp³-hybridized carbons (Fsp3) is 0.917. The highest BCUT2D eigenvalue weighted by Crippen LogP contribution is 2.20. The number of hydrogen-bond donors (Lipinski definition) is 1. The number of piperidine rings is 1. The lowest BCUT2D eigenvalue weighted by Crippen LogP contribution is -2.44. The van der Waals surface area contributed by atoms with Gasteiger partial charge in [0.1, 0.15) is 5.54 Å². The third-order valence-corrected chi connectivity index (χ3v) is 3.39. The van der Waals surface area contributed by atoms with Crippen molar-refractivity contribution in [2.75, 3.05) is 13.1 Å². The predicted octanol–water partition coefficient (Wildman–Crippen LogP) is 1.88. The summed E-state index contributed by atoms with van der Waals surface area (Å²) in [6, 6.07) is 2.88. The summed E-state index contributed by atoms with van der Waals surface area (Å²) in [5, 5.41) is 8.85. The number of rotatable bonds is 4. The lowest BCUT2D eigenvalue weighted by molar-refractivity contribution is 0.137. The SMILES string of the molecule is CCC1CCCCN1CCC(C)(N)C#N. The van der Waals surface area contributed by atoms with Crippen LogP contribution in [-0.2, 0) is 0 Å². The van der Waals surface area contributed by atoms with Crippen molar-refractivity contribution >= 4 is 0 Å². The highest BCUT2D eigenvalue weighted by molar-refractivity contribution is 5.01. The fourth-order valence-corrected chi connectivity index (χ4v) is 2.25. The molecule has 0 aromatic heterocycles. The van der Waals surface area contributed by atoms with Crippen molar-refractivity contribution in [1.82, 2.24) is 4.90 Å². The summed E-state index contributed by atoms with van der Waals surface area (Å²) < 4.78 is 0. The Balaban J connectivity index is 2.39. The molecule has 2 unspecified atom stereocenters. The Labute approximate surface area is 93.2 Å². The largest absolute Gasteiger partial charge is 0.314 e. The molecule has 0 aliphatic carbocycles. The maximum atomic E-state index is 8.85. The number of nitrogens with two attached hydrogens (primary N) is 1. The summed E-state index contributed by atoms with van der Waals surface area (Å²) in [4.78, 5) is 2.51. The molecule has 86 valence electrons. The predicted molar refractivity (Wildman–Crippen MR) is 62.3 cm³/mol. The molecule has 1 aliphatic rings.